The number of rotatable bonds is 2. The number of hydrogen-bond donors (Lipinski definition) is 2. The molecule has 0 amide bonds. The lowest BCUT2D eigenvalue weighted by atomic mass is 10.1. The van der Waals surface area contributed by atoms with Gasteiger partial charge >= 0.3 is 0 Å². The molecule has 1 aromatic rings. The summed E-state index contributed by atoms with van der Waals surface area (Å²) in [6, 6.07) is 4.99. The first kappa shape index (κ1) is 10.1. The van der Waals surface area contributed by atoms with Crippen molar-refractivity contribution in [2.24, 2.45) is 10.8 Å². The number of aliphatic imine (C=N–C) groups is 1. The summed E-state index contributed by atoms with van der Waals surface area (Å²) in [6.07, 6.45) is 2.23. The molecule has 0 heterocycles. The van der Waals surface area contributed by atoms with Crippen molar-refractivity contribution < 1.29 is 4.39 Å². The molecule has 1 aliphatic carbocycles. The van der Waals surface area contributed by atoms with Crippen molar-refractivity contribution in [3.05, 3.63) is 35.1 Å². The molecule has 4 heteroatoms. The van der Waals surface area contributed by atoms with Crippen molar-refractivity contribution >= 4 is 5.84 Å². The molecule has 0 saturated heterocycles. The third-order valence-electron chi connectivity index (χ3n) is 2.44. The highest BCUT2D eigenvalue weighted by molar-refractivity contribution is 5.99. The monoisotopic (exact) mass is 207 g/mol. The van der Waals surface area contributed by atoms with Gasteiger partial charge in [-0.1, -0.05) is 0 Å². The van der Waals surface area contributed by atoms with Crippen LogP contribution < -0.4 is 11.3 Å². The van der Waals surface area contributed by atoms with Gasteiger partial charge in [0, 0.05) is 5.56 Å². The smallest absolute Gasteiger partial charge is 0.143 e. The van der Waals surface area contributed by atoms with Gasteiger partial charge in [-0.25, -0.2) is 10.2 Å². The van der Waals surface area contributed by atoms with Crippen LogP contribution in [0, 0.1) is 12.7 Å². The highest BCUT2D eigenvalue weighted by Gasteiger charge is 2.21. The summed E-state index contributed by atoms with van der Waals surface area (Å²) < 4.78 is 12.9. The number of nitrogens with two attached hydrogens (primary N) is 1. The van der Waals surface area contributed by atoms with Gasteiger partial charge in [-0.05, 0) is 43.5 Å². The Balaban J connectivity index is 2.33. The molecule has 1 fully saturated rings. The van der Waals surface area contributed by atoms with E-state index in [9.17, 15) is 4.39 Å². The number of nitrogens with one attached hydrogen (secondary N) is 1. The summed E-state index contributed by atoms with van der Waals surface area (Å²) in [5.41, 5.74) is 4.28. The Morgan fingerprint density at radius 3 is 2.80 bits per heavy atom. The van der Waals surface area contributed by atoms with Gasteiger partial charge in [0.2, 0.25) is 0 Å². The zero-order valence-electron chi connectivity index (χ0n) is 8.63. The maximum Gasteiger partial charge on any atom is 0.143 e. The molecule has 0 bridgehead atoms. The van der Waals surface area contributed by atoms with Crippen LogP contribution in [0.2, 0.25) is 0 Å². The van der Waals surface area contributed by atoms with Crippen molar-refractivity contribution in [3.63, 3.8) is 0 Å². The van der Waals surface area contributed by atoms with Crippen LogP contribution in [0.5, 0.6) is 0 Å². The van der Waals surface area contributed by atoms with E-state index in [1.54, 1.807) is 6.07 Å². The lowest BCUT2D eigenvalue weighted by molar-refractivity contribution is 0.626. The van der Waals surface area contributed by atoms with Gasteiger partial charge in [0.05, 0.1) is 6.04 Å². The van der Waals surface area contributed by atoms with E-state index in [1.807, 2.05) is 6.92 Å². The van der Waals surface area contributed by atoms with E-state index in [4.69, 9.17) is 5.84 Å². The van der Waals surface area contributed by atoms with Crippen LogP contribution in [0.4, 0.5) is 4.39 Å². The van der Waals surface area contributed by atoms with Crippen molar-refractivity contribution in [2.45, 2.75) is 25.8 Å². The Labute approximate surface area is 88.2 Å². The van der Waals surface area contributed by atoms with Gasteiger partial charge in [0.25, 0.3) is 0 Å². The van der Waals surface area contributed by atoms with Crippen LogP contribution in [0.1, 0.15) is 24.0 Å². The molecule has 1 saturated carbocycles. The highest BCUT2D eigenvalue weighted by atomic mass is 19.1. The number of aryl methyl sites for hydroxylation is 1. The van der Waals surface area contributed by atoms with E-state index in [1.165, 1.54) is 12.1 Å². The van der Waals surface area contributed by atoms with Crippen molar-refractivity contribution in [1.82, 2.24) is 5.43 Å². The quantitative estimate of drug-likeness (QED) is 0.334. The van der Waals surface area contributed by atoms with E-state index in [2.05, 4.69) is 10.4 Å². The number of benzene rings is 1. The van der Waals surface area contributed by atoms with E-state index >= 15 is 0 Å². The van der Waals surface area contributed by atoms with Crippen LogP contribution in [0.25, 0.3) is 0 Å². The summed E-state index contributed by atoms with van der Waals surface area (Å²) in [7, 11) is 0. The zero-order chi connectivity index (χ0) is 10.8. The standard InChI is InChI=1S/C11H14FN3/c1-7-6-8(12)2-5-10(7)11(15-13)14-9-3-4-9/h2,5-6,9H,3-4,13H2,1H3,(H,14,15). The molecule has 0 atom stereocenters. The third kappa shape index (κ3) is 2.33. The molecule has 1 aromatic carbocycles. The largest absolute Gasteiger partial charge is 0.308 e. The minimum absolute atomic E-state index is 0.237. The van der Waals surface area contributed by atoms with Gasteiger partial charge in [-0.3, -0.25) is 4.99 Å². The van der Waals surface area contributed by atoms with Crippen LogP contribution in [0.15, 0.2) is 23.2 Å². The minimum Gasteiger partial charge on any atom is -0.308 e. The second kappa shape index (κ2) is 3.98. The van der Waals surface area contributed by atoms with Gasteiger partial charge in [-0.15, -0.1) is 0 Å². The van der Waals surface area contributed by atoms with Crippen LogP contribution >= 0.6 is 0 Å². The summed E-state index contributed by atoms with van der Waals surface area (Å²) in [5, 5.41) is 0. The van der Waals surface area contributed by atoms with Gasteiger partial charge in [-0.2, -0.15) is 0 Å². The summed E-state index contributed by atoms with van der Waals surface area (Å²) in [6.45, 7) is 1.85. The Kier molecular flexibility index (Phi) is 2.68. The van der Waals surface area contributed by atoms with Crippen molar-refractivity contribution in [1.29, 1.82) is 0 Å². The Hall–Kier alpha value is -1.42. The van der Waals surface area contributed by atoms with Crippen LogP contribution in [0.3, 0.4) is 0 Å². The predicted molar refractivity (Wildman–Crippen MR) is 58.0 cm³/mol. The first-order chi connectivity index (χ1) is 7.20. The normalized spacial score (nSPS) is 16.6. The molecule has 0 spiro atoms. The van der Waals surface area contributed by atoms with E-state index in [-0.39, 0.29) is 5.82 Å². The number of amidine groups is 1. The van der Waals surface area contributed by atoms with E-state index in [0.717, 1.165) is 24.0 Å². The average molecular weight is 207 g/mol. The minimum atomic E-state index is -0.237. The van der Waals surface area contributed by atoms with E-state index in [0.29, 0.717) is 11.9 Å². The number of nitrogens with zero attached hydrogens (tertiary/aromatic N) is 1. The topological polar surface area (TPSA) is 50.4 Å². The van der Waals surface area contributed by atoms with Crippen LogP contribution in [-0.4, -0.2) is 11.9 Å². The molecular formula is C11H14FN3. The second-order valence-electron chi connectivity index (χ2n) is 3.81. The average Bonchev–Trinajstić information content (AvgIpc) is 2.99. The first-order valence-electron chi connectivity index (χ1n) is 5.01. The molecule has 3 nitrogen and oxygen atoms in total. The summed E-state index contributed by atoms with van der Waals surface area (Å²) in [5.74, 6) is 5.82. The highest BCUT2D eigenvalue weighted by Crippen LogP contribution is 2.24. The Morgan fingerprint density at radius 1 is 1.53 bits per heavy atom. The molecule has 0 aliphatic heterocycles. The number of halogens is 1. The fraction of sp³-hybridized carbons (Fsp3) is 0.364. The van der Waals surface area contributed by atoms with E-state index < -0.39 is 0 Å². The Morgan fingerprint density at radius 2 is 2.27 bits per heavy atom. The summed E-state index contributed by atoms with van der Waals surface area (Å²) in [4.78, 5) is 4.43. The third-order valence-corrected chi connectivity index (χ3v) is 2.44. The maximum absolute atomic E-state index is 12.9. The molecule has 80 valence electrons. The fourth-order valence-electron chi connectivity index (χ4n) is 1.46. The van der Waals surface area contributed by atoms with Crippen molar-refractivity contribution in [2.75, 3.05) is 0 Å². The van der Waals surface area contributed by atoms with Gasteiger partial charge in [0.1, 0.15) is 11.7 Å². The SMILES string of the molecule is Cc1cc(F)ccc1C(=NC1CC1)NN. The fourth-order valence-corrected chi connectivity index (χ4v) is 1.46. The molecule has 3 N–H and O–H groups in total. The number of hydrogen-bond acceptors (Lipinski definition) is 2. The lowest BCUT2D eigenvalue weighted by Crippen LogP contribution is -2.32. The van der Waals surface area contributed by atoms with Crippen molar-refractivity contribution in [3.8, 4) is 0 Å². The zero-order valence-corrected chi connectivity index (χ0v) is 8.63. The molecule has 2 rings (SSSR count). The molecule has 0 aromatic heterocycles. The molecular weight excluding hydrogens is 193 g/mol. The summed E-state index contributed by atoms with van der Waals surface area (Å²) >= 11 is 0. The molecule has 1 aliphatic rings. The van der Waals surface area contributed by atoms with Crippen LogP contribution in [-0.2, 0) is 0 Å². The lowest BCUT2D eigenvalue weighted by Gasteiger charge is -2.08. The molecule has 0 radical (unpaired) electrons. The number of hydrazine groups is 1. The maximum atomic E-state index is 12.9. The second-order valence-corrected chi connectivity index (χ2v) is 3.81. The van der Waals surface area contributed by atoms with Gasteiger partial charge < -0.3 is 5.43 Å². The molecule has 0 unspecified atom stereocenters. The Bertz CT molecular complexity index is 397. The molecule has 15 heavy (non-hydrogen) atoms. The first-order valence-corrected chi connectivity index (χ1v) is 5.01. The van der Waals surface area contributed by atoms with Gasteiger partial charge in [0.15, 0.2) is 0 Å². The predicted octanol–water partition coefficient (Wildman–Crippen LogP) is 1.51.